The van der Waals surface area contributed by atoms with Gasteiger partial charge in [0.15, 0.2) is 11.5 Å². The fourth-order valence-corrected chi connectivity index (χ4v) is 4.42. The molecular formula is C24H23FN8O3. The van der Waals surface area contributed by atoms with Crippen LogP contribution in [0.25, 0.3) is 27.8 Å². The Balaban J connectivity index is 1.38. The third-order valence-corrected chi connectivity index (χ3v) is 6.20. The van der Waals surface area contributed by atoms with E-state index >= 15 is 0 Å². The van der Waals surface area contributed by atoms with E-state index in [-0.39, 0.29) is 18.1 Å². The Morgan fingerprint density at radius 2 is 2.03 bits per heavy atom. The number of nitrogens with zero attached hydrogens (tertiary/aromatic N) is 7. The van der Waals surface area contributed by atoms with Gasteiger partial charge in [-0.3, -0.25) is 0 Å². The van der Waals surface area contributed by atoms with Gasteiger partial charge in [0.05, 0.1) is 12.0 Å². The number of aromatic nitrogens is 7. The topological polar surface area (TPSA) is 138 Å². The largest absolute Gasteiger partial charge is 0.508 e. The highest BCUT2D eigenvalue weighted by atomic mass is 19.1. The maximum absolute atomic E-state index is 14.0. The van der Waals surface area contributed by atoms with E-state index in [0.717, 1.165) is 37.6 Å². The average molecular weight is 490 g/mol. The number of phenolic OH excluding ortho intramolecular Hbond substituents is 1. The summed E-state index contributed by atoms with van der Waals surface area (Å²) in [6.45, 7) is 2.18. The molecule has 184 valence electrons. The second kappa shape index (κ2) is 9.04. The molecule has 0 radical (unpaired) electrons. The summed E-state index contributed by atoms with van der Waals surface area (Å²) < 4.78 is 28.9. The van der Waals surface area contributed by atoms with Crippen LogP contribution in [0.5, 0.6) is 11.6 Å². The zero-order valence-corrected chi connectivity index (χ0v) is 19.2. The lowest BCUT2D eigenvalue weighted by atomic mass is 10.0. The van der Waals surface area contributed by atoms with E-state index < -0.39 is 5.82 Å². The zero-order valence-electron chi connectivity index (χ0n) is 19.2. The van der Waals surface area contributed by atoms with E-state index in [1.807, 2.05) is 18.3 Å². The maximum Gasteiger partial charge on any atom is 0.241 e. The molecule has 11 nitrogen and oxygen atoms in total. The molecule has 0 aliphatic carbocycles. The lowest BCUT2D eigenvalue weighted by Crippen LogP contribution is -2.22. The van der Waals surface area contributed by atoms with Gasteiger partial charge in [-0.25, -0.2) is 23.6 Å². The SMILES string of the molecule is Nc1ncnc2c1c(-c1cc(O)cc(F)c1)nn2Cc1nc(OCC2CCOCC2)c2cccn2n1. The Bertz CT molecular complexity index is 1540. The molecule has 36 heavy (non-hydrogen) atoms. The van der Waals surface area contributed by atoms with Crippen LogP contribution in [0.2, 0.25) is 0 Å². The number of ether oxygens (including phenoxy) is 2. The van der Waals surface area contributed by atoms with Crippen molar-refractivity contribution in [1.82, 2.24) is 34.3 Å². The Labute approximate surface area is 204 Å². The number of nitrogen functional groups attached to an aromatic ring is 1. The van der Waals surface area contributed by atoms with E-state index in [0.29, 0.717) is 46.5 Å². The Kier molecular flexibility index (Phi) is 5.56. The standard InChI is InChI=1S/C24H23FN8O3/c25-16-8-15(9-17(34)10-16)21-20-22(26)27-13-28-23(20)33(31-21)11-19-29-24(18-2-1-5-32(18)30-19)36-12-14-3-6-35-7-4-14/h1-2,5,8-10,13-14,34H,3-4,6-7,11-12H2,(H2,26,27,28). The summed E-state index contributed by atoms with van der Waals surface area (Å²) in [6, 6.07) is 7.47. The summed E-state index contributed by atoms with van der Waals surface area (Å²) in [7, 11) is 0. The number of anilines is 1. The highest BCUT2D eigenvalue weighted by Gasteiger charge is 2.21. The molecule has 1 saturated heterocycles. The van der Waals surface area contributed by atoms with Gasteiger partial charge in [-0.1, -0.05) is 0 Å². The van der Waals surface area contributed by atoms with Crippen molar-refractivity contribution in [3.8, 4) is 22.9 Å². The van der Waals surface area contributed by atoms with Crippen molar-refractivity contribution >= 4 is 22.4 Å². The van der Waals surface area contributed by atoms with E-state index in [1.54, 1.807) is 9.20 Å². The molecule has 1 fully saturated rings. The van der Waals surface area contributed by atoms with Crippen LogP contribution in [-0.2, 0) is 11.3 Å². The van der Waals surface area contributed by atoms with Gasteiger partial charge < -0.3 is 20.3 Å². The number of benzene rings is 1. The molecule has 5 heterocycles. The summed E-state index contributed by atoms with van der Waals surface area (Å²) in [6.07, 6.45) is 5.06. The molecule has 0 spiro atoms. The van der Waals surface area contributed by atoms with Gasteiger partial charge in [0.1, 0.15) is 41.5 Å². The van der Waals surface area contributed by atoms with Crippen molar-refractivity contribution in [3.63, 3.8) is 0 Å². The van der Waals surface area contributed by atoms with Crippen molar-refractivity contribution in [3.05, 3.63) is 54.5 Å². The van der Waals surface area contributed by atoms with Gasteiger partial charge in [0.2, 0.25) is 5.88 Å². The minimum atomic E-state index is -0.601. The van der Waals surface area contributed by atoms with Crippen molar-refractivity contribution in [2.75, 3.05) is 25.6 Å². The van der Waals surface area contributed by atoms with Crippen LogP contribution < -0.4 is 10.5 Å². The van der Waals surface area contributed by atoms with Gasteiger partial charge in [0, 0.05) is 31.0 Å². The summed E-state index contributed by atoms with van der Waals surface area (Å²) in [4.78, 5) is 13.1. The minimum absolute atomic E-state index is 0.149. The van der Waals surface area contributed by atoms with Crippen LogP contribution in [0.3, 0.4) is 0 Å². The molecule has 1 aliphatic rings. The van der Waals surface area contributed by atoms with E-state index in [9.17, 15) is 9.50 Å². The second-order valence-electron chi connectivity index (χ2n) is 8.70. The first-order chi connectivity index (χ1) is 17.5. The monoisotopic (exact) mass is 490 g/mol. The molecule has 12 heteroatoms. The van der Waals surface area contributed by atoms with E-state index in [2.05, 4.69) is 25.1 Å². The number of nitrogens with two attached hydrogens (primary N) is 1. The number of aromatic hydroxyl groups is 1. The lowest BCUT2D eigenvalue weighted by Gasteiger charge is -2.22. The molecule has 0 saturated carbocycles. The number of rotatable bonds is 6. The van der Waals surface area contributed by atoms with Gasteiger partial charge in [-0.2, -0.15) is 15.2 Å². The van der Waals surface area contributed by atoms with E-state index in [4.69, 9.17) is 15.2 Å². The predicted octanol–water partition coefficient (Wildman–Crippen LogP) is 2.82. The van der Waals surface area contributed by atoms with Crippen LogP contribution in [0.1, 0.15) is 18.7 Å². The fourth-order valence-electron chi connectivity index (χ4n) is 4.42. The quantitative estimate of drug-likeness (QED) is 0.368. The molecule has 4 aromatic heterocycles. The van der Waals surface area contributed by atoms with Crippen molar-refractivity contribution in [2.24, 2.45) is 5.92 Å². The molecular weight excluding hydrogens is 467 g/mol. The number of hydrogen-bond acceptors (Lipinski definition) is 9. The van der Waals surface area contributed by atoms with Gasteiger partial charge >= 0.3 is 0 Å². The molecule has 1 aliphatic heterocycles. The van der Waals surface area contributed by atoms with Crippen molar-refractivity contribution in [2.45, 2.75) is 19.4 Å². The Morgan fingerprint density at radius 1 is 1.17 bits per heavy atom. The number of fused-ring (bicyclic) bond motifs is 2. The molecule has 0 atom stereocenters. The first-order valence-electron chi connectivity index (χ1n) is 11.6. The summed E-state index contributed by atoms with van der Waals surface area (Å²) in [5.41, 5.74) is 8.03. The smallest absolute Gasteiger partial charge is 0.241 e. The van der Waals surface area contributed by atoms with Crippen LogP contribution in [0.15, 0.2) is 42.9 Å². The summed E-state index contributed by atoms with van der Waals surface area (Å²) >= 11 is 0. The maximum atomic E-state index is 14.0. The number of halogens is 1. The third kappa shape index (κ3) is 4.15. The van der Waals surface area contributed by atoms with Crippen molar-refractivity contribution < 1.29 is 19.0 Å². The molecule has 0 unspecified atom stereocenters. The zero-order chi connectivity index (χ0) is 24.6. The normalized spacial score (nSPS) is 14.6. The number of phenols is 1. The minimum Gasteiger partial charge on any atom is -0.508 e. The molecule has 5 aromatic rings. The second-order valence-corrected chi connectivity index (χ2v) is 8.70. The van der Waals surface area contributed by atoms with Gasteiger partial charge in [0.25, 0.3) is 0 Å². The van der Waals surface area contributed by atoms with E-state index in [1.165, 1.54) is 18.5 Å². The van der Waals surface area contributed by atoms with Crippen LogP contribution in [-0.4, -0.2) is 59.3 Å². The first kappa shape index (κ1) is 22.2. The third-order valence-electron chi connectivity index (χ3n) is 6.20. The van der Waals surface area contributed by atoms with Crippen LogP contribution in [0.4, 0.5) is 10.2 Å². The Hall–Kier alpha value is -4.32. The molecule has 1 aromatic carbocycles. The van der Waals surface area contributed by atoms with Crippen LogP contribution in [0, 0.1) is 11.7 Å². The fraction of sp³-hybridized carbons (Fsp3) is 0.292. The highest BCUT2D eigenvalue weighted by molar-refractivity contribution is 5.98. The summed E-state index contributed by atoms with van der Waals surface area (Å²) in [5.74, 6) is 0.694. The molecule has 0 amide bonds. The van der Waals surface area contributed by atoms with Gasteiger partial charge in [-0.15, -0.1) is 0 Å². The molecule has 0 bridgehead atoms. The Morgan fingerprint density at radius 3 is 2.86 bits per heavy atom. The first-order valence-corrected chi connectivity index (χ1v) is 11.6. The number of hydrogen-bond donors (Lipinski definition) is 2. The lowest BCUT2D eigenvalue weighted by molar-refractivity contribution is 0.0491. The molecule has 6 rings (SSSR count). The average Bonchev–Trinajstić information content (AvgIpc) is 3.48. The molecule has 3 N–H and O–H groups in total. The highest BCUT2D eigenvalue weighted by Crippen LogP contribution is 2.32. The summed E-state index contributed by atoms with van der Waals surface area (Å²) in [5, 5.41) is 19.6. The van der Waals surface area contributed by atoms with Crippen molar-refractivity contribution in [1.29, 1.82) is 0 Å². The van der Waals surface area contributed by atoms with Crippen LogP contribution >= 0.6 is 0 Å². The van der Waals surface area contributed by atoms with Gasteiger partial charge in [-0.05, 0) is 43.0 Å². The predicted molar refractivity (Wildman–Crippen MR) is 128 cm³/mol.